The van der Waals surface area contributed by atoms with Crippen LogP contribution in [0.3, 0.4) is 0 Å². The fraction of sp³-hybridized carbons (Fsp3) is 0.667. The maximum absolute atomic E-state index is 10.3. The first-order valence-corrected chi connectivity index (χ1v) is 1.20. The molecule has 1 nitrogen and oxygen atoms in total. The van der Waals surface area contributed by atoms with E-state index in [-0.39, 0.29) is 37.8 Å². The summed E-state index contributed by atoms with van der Waals surface area (Å²) in [6.45, 7) is 5.96. The summed E-state index contributed by atoms with van der Waals surface area (Å²) in [5, 5.41) is 6.25. The molecule has 0 atom stereocenters. The van der Waals surface area contributed by atoms with Crippen molar-refractivity contribution in [1.82, 2.24) is 0 Å². The minimum Gasteiger partial charge on any atom is -0.512 e. The van der Waals surface area contributed by atoms with Gasteiger partial charge in [-0.05, 0) is 6.92 Å². The zero-order valence-corrected chi connectivity index (χ0v) is 7.70. The van der Waals surface area contributed by atoms with Gasteiger partial charge in [0.2, 0.25) is 0 Å². The second-order valence-corrected chi connectivity index (χ2v) is 0.267. The minimum atomic E-state index is -0.250. The third kappa shape index (κ3) is 242. The van der Waals surface area contributed by atoms with Gasteiger partial charge < -0.3 is 11.8 Å². The SMILES string of the molecule is CCF.[C-]#N.[U]. The Labute approximate surface area is 60.9 Å². The molecule has 0 bridgehead atoms. The zero-order chi connectivity index (χ0) is 4.71. The summed E-state index contributed by atoms with van der Waals surface area (Å²) >= 11 is 0. The van der Waals surface area contributed by atoms with Crippen LogP contribution in [-0.4, -0.2) is 6.67 Å². The molecule has 0 aromatic carbocycles. The summed E-state index contributed by atoms with van der Waals surface area (Å²) in [7, 11) is 0. The molecule has 0 saturated carbocycles. The van der Waals surface area contributed by atoms with Crippen molar-refractivity contribution in [1.29, 1.82) is 5.26 Å². The third-order valence-electron chi connectivity index (χ3n) is 0. The first-order valence-electron chi connectivity index (χ1n) is 1.20. The summed E-state index contributed by atoms with van der Waals surface area (Å²) < 4.78 is 10.3. The quantitative estimate of drug-likeness (QED) is 0.614. The summed E-state index contributed by atoms with van der Waals surface area (Å²) in [4.78, 5) is 0. The summed E-state index contributed by atoms with van der Waals surface area (Å²) in [6, 6.07) is 0. The van der Waals surface area contributed by atoms with Gasteiger partial charge in [0.15, 0.2) is 0 Å². The molecule has 0 aromatic heterocycles. The Morgan fingerprint density at radius 3 is 1.67 bits per heavy atom. The van der Waals surface area contributed by atoms with Gasteiger partial charge in [0, 0.05) is 31.1 Å². The Bertz CT molecular complexity index is 22.0. The molecule has 0 aliphatic rings. The number of halogens is 1. The Kier molecular flexibility index (Phi) is 135. The number of nitrogens with zero attached hydrogens (tertiary/aromatic N) is 1. The van der Waals surface area contributed by atoms with Crippen LogP contribution in [0.2, 0.25) is 0 Å². The van der Waals surface area contributed by atoms with Gasteiger partial charge in [-0.1, -0.05) is 0 Å². The van der Waals surface area contributed by atoms with Gasteiger partial charge in [-0.15, -0.1) is 0 Å². The molecule has 0 unspecified atom stereocenters. The van der Waals surface area contributed by atoms with Crippen molar-refractivity contribution in [3.8, 4) is 0 Å². The molecule has 0 saturated heterocycles. The Hall–Kier alpha value is 0.472. The average molecular weight is 312 g/mol. The number of rotatable bonds is 0. The molecule has 0 aliphatic heterocycles. The van der Waals surface area contributed by atoms with Crippen molar-refractivity contribution in [3.05, 3.63) is 6.57 Å². The van der Waals surface area contributed by atoms with Crippen LogP contribution in [0, 0.1) is 42.9 Å². The molecular formula is C3H5FNU-. The van der Waals surface area contributed by atoms with Gasteiger partial charge in [0.1, 0.15) is 0 Å². The predicted molar refractivity (Wildman–Crippen MR) is 16.6 cm³/mol. The molecule has 0 amide bonds. The van der Waals surface area contributed by atoms with Crippen molar-refractivity contribution in [2.75, 3.05) is 6.67 Å². The van der Waals surface area contributed by atoms with E-state index in [0.29, 0.717) is 0 Å². The molecule has 3 heteroatoms. The van der Waals surface area contributed by atoms with E-state index in [1.54, 1.807) is 0 Å². The van der Waals surface area contributed by atoms with Crippen LogP contribution in [0.15, 0.2) is 0 Å². The first kappa shape index (κ1) is 16.1. The Balaban J connectivity index is -0.0000000275. The normalized spacial score (nSPS) is 3.33. The van der Waals surface area contributed by atoms with Gasteiger partial charge in [-0.25, -0.2) is 0 Å². The van der Waals surface area contributed by atoms with Crippen molar-refractivity contribution in [2.24, 2.45) is 0 Å². The average Bonchev–Trinajstić information content (AvgIpc) is 1.46. The van der Waals surface area contributed by atoms with Crippen LogP contribution in [0.1, 0.15) is 6.92 Å². The topological polar surface area (TPSA) is 23.8 Å². The van der Waals surface area contributed by atoms with E-state index in [4.69, 9.17) is 11.8 Å². The number of hydrogen-bond acceptors (Lipinski definition) is 1. The molecule has 0 rings (SSSR count). The summed E-state index contributed by atoms with van der Waals surface area (Å²) in [6.07, 6.45) is 0. The molecule has 0 spiro atoms. The Morgan fingerprint density at radius 1 is 1.67 bits per heavy atom. The third-order valence-corrected chi connectivity index (χ3v) is 0. The molecule has 0 fully saturated rings. The maximum atomic E-state index is 10.3. The molecule has 0 radical (unpaired) electrons. The predicted octanol–water partition coefficient (Wildman–Crippen LogP) is 1.07. The van der Waals surface area contributed by atoms with E-state index in [0.717, 1.165) is 0 Å². The van der Waals surface area contributed by atoms with E-state index in [1.165, 1.54) is 6.92 Å². The second-order valence-electron chi connectivity index (χ2n) is 0.267. The molecule has 6 heavy (non-hydrogen) atoms. The number of alkyl halides is 1. The largest absolute Gasteiger partial charge is 0.512 e. The molecule has 0 N–H and O–H groups in total. The molecule has 0 aliphatic carbocycles. The summed E-state index contributed by atoms with van der Waals surface area (Å²) in [5.41, 5.74) is 0. The molecule has 0 heterocycles. The van der Waals surface area contributed by atoms with Crippen molar-refractivity contribution >= 4 is 0 Å². The van der Waals surface area contributed by atoms with Crippen LogP contribution >= 0.6 is 0 Å². The smallest absolute Gasteiger partial charge is 0.0866 e. The van der Waals surface area contributed by atoms with Crippen molar-refractivity contribution < 1.29 is 35.5 Å². The van der Waals surface area contributed by atoms with E-state index in [2.05, 4.69) is 0 Å². The van der Waals surface area contributed by atoms with Gasteiger partial charge in [0.05, 0.1) is 6.67 Å². The van der Waals surface area contributed by atoms with Gasteiger partial charge in [0.25, 0.3) is 0 Å². The van der Waals surface area contributed by atoms with Crippen LogP contribution < -0.4 is 0 Å². The van der Waals surface area contributed by atoms with Gasteiger partial charge in [-0.3, -0.25) is 4.39 Å². The first-order chi connectivity index (χ1) is 2.41. The van der Waals surface area contributed by atoms with E-state index in [1.807, 2.05) is 0 Å². The van der Waals surface area contributed by atoms with Crippen LogP contribution in [-0.2, 0) is 0 Å². The van der Waals surface area contributed by atoms with Gasteiger partial charge in [-0.2, -0.15) is 0 Å². The van der Waals surface area contributed by atoms with Crippen molar-refractivity contribution in [2.45, 2.75) is 6.92 Å². The van der Waals surface area contributed by atoms with Crippen molar-refractivity contribution in [3.63, 3.8) is 0 Å². The number of hydrogen-bond donors (Lipinski definition) is 0. The fourth-order valence-corrected chi connectivity index (χ4v) is 0. The monoisotopic (exact) mass is 312 g/mol. The fourth-order valence-electron chi connectivity index (χ4n) is 0. The van der Waals surface area contributed by atoms with Crippen LogP contribution in [0.25, 0.3) is 0 Å². The van der Waals surface area contributed by atoms with Crippen LogP contribution in [0.5, 0.6) is 0 Å². The van der Waals surface area contributed by atoms with Crippen LogP contribution in [0.4, 0.5) is 4.39 Å². The van der Waals surface area contributed by atoms with E-state index < -0.39 is 0 Å². The van der Waals surface area contributed by atoms with E-state index in [9.17, 15) is 4.39 Å². The summed E-state index contributed by atoms with van der Waals surface area (Å²) in [5.74, 6) is 0. The molecule has 34 valence electrons. The molecular weight excluding hydrogens is 307 g/mol. The Morgan fingerprint density at radius 2 is 1.67 bits per heavy atom. The standard InChI is InChI=1S/C2H5F.CN.U/c1-2-3;1-2;/h2H2,1H3;;/q;-1;. The maximum Gasteiger partial charge on any atom is 0.0866 e. The molecule has 0 aromatic rings. The van der Waals surface area contributed by atoms with Gasteiger partial charge >= 0.3 is 0 Å². The minimum absolute atomic E-state index is 0. The zero-order valence-electron chi connectivity index (χ0n) is 3.53. The second kappa shape index (κ2) is 50.5. The van der Waals surface area contributed by atoms with E-state index >= 15 is 0 Å².